The highest BCUT2D eigenvalue weighted by atomic mass is 35.5. The van der Waals surface area contributed by atoms with E-state index >= 15 is 33.6 Å². The van der Waals surface area contributed by atoms with E-state index in [1.807, 2.05) is 0 Å². The maximum Gasteiger partial charge on any atom is 0.410 e. The molecule has 4 saturated carbocycles. The van der Waals surface area contributed by atoms with Gasteiger partial charge < -0.3 is 116 Å². The number of carbonyl (C=O) groups is 10. The number of hydrogen-bond acceptors (Lipinski definition) is 31. The van der Waals surface area contributed by atoms with E-state index in [-0.39, 0.29) is 75.4 Å². The zero-order chi connectivity index (χ0) is 98.4. The number of rotatable bonds is 22. The summed E-state index contributed by atoms with van der Waals surface area (Å²) in [5.41, 5.74) is 2.24. The number of primary amides is 1. The summed E-state index contributed by atoms with van der Waals surface area (Å²) in [6, 6.07) is 14.5. The molecule has 16 N–H and O–H groups in total. The Morgan fingerprint density at radius 1 is 0.657 bits per heavy atom. The van der Waals surface area contributed by atoms with E-state index in [0.717, 1.165) is 91.6 Å². The number of ether oxygens (including phenoxy) is 8. The number of aliphatic hydroxyl groups is 6. The lowest BCUT2D eigenvalue weighted by atomic mass is 9.51. The fourth-order valence-corrected chi connectivity index (χ4v) is 20.6. The monoisotopic (exact) mass is 1940 g/mol. The SMILES string of the molecule is CC(C)C[C@H](C(=O)N[C@H]1C(=O)C[C@@H](CC(N)=O)C(=O)N[C@H]2C(=O)C[C@H]3C(=O)N[C@H](C(=O)N[C@H](C(=O)CC4C5CC6CC(C5)CC4C6)c4cc(O)cc(O)c4-c4cc3ccc4O)[C@H](O)c3ccc(c(Cl)c3)Oc3cc2cc(c3O[C@@H]2O[C@H](CO)[C@@H](O)[C@H](O)[C@H]2O[C@H]2C[C@](C)(NC(=O)OCc3ccc([N+](=O)[O-])cc3)[C@H](O)[C@H](C)O2)Oc2ccc(cc2Cl)[C@H]1O)N(C)C(=O)OCc1ccc([N+](=O)[O-])cc1. The Morgan fingerprint density at radius 3 is 1.82 bits per heavy atom. The largest absolute Gasteiger partial charge is 0.508 e. The molecule has 2 saturated heterocycles. The Bertz CT molecular complexity index is 5850. The van der Waals surface area contributed by atoms with Gasteiger partial charge in [0.2, 0.25) is 41.6 Å². The molecule has 7 heterocycles. The number of nitro groups is 2. The number of ketones is 3. The summed E-state index contributed by atoms with van der Waals surface area (Å²) < 4.78 is 50.5. The topological polar surface area (TPSA) is 602 Å². The van der Waals surface area contributed by atoms with Gasteiger partial charge in [-0.2, -0.15) is 0 Å². The van der Waals surface area contributed by atoms with Gasteiger partial charge in [0.1, 0.15) is 109 Å². The molecule has 7 aromatic carbocycles. The first-order valence-electron chi connectivity index (χ1n) is 44.6. The van der Waals surface area contributed by atoms with E-state index < -0.39 is 291 Å². The molecule has 0 spiro atoms. The van der Waals surface area contributed by atoms with Gasteiger partial charge in [-0.05, 0) is 206 Å². The zero-order valence-electron chi connectivity index (χ0n) is 74.5. The molecule has 18 rings (SSSR count). The molecule has 137 heavy (non-hydrogen) atoms. The van der Waals surface area contributed by atoms with Crippen molar-refractivity contribution in [3.05, 3.63) is 197 Å². The van der Waals surface area contributed by atoms with Crippen molar-refractivity contribution in [1.82, 2.24) is 31.5 Å². The lowest BCUT2D eigenvalue weighted by Gasteiger charge is -2.54. The molecule has 7 aliphatic heterocycles. The molecule has 728 valence electrons. The number of halogens is 2. The van der Waals surface area contributed by atoms with Crippen molar-refractivity contribution in [2.45, 2.75) is 215 Å². The molecule has 7 amide bonds. The number of carbonyl (C=O) groups excluding carboxylic acids is 10. The summed E-state index contributed by atoms with van der Waals surface area (Å²) >= 11 is 14.6. The standard InChI is InChI=1S/C95H103Cl2N9O31/c1-41(2)20-63(104(5)94(125)131-40-44-8-15-55(16-9-44)106(128)129)90(122)101-79-66(111)29-53(32-74(98)114)88(120)99-77-52-30-71(133-69-18-11-48(81(79)115)27-61(69)96)85(137-92-86(84(118)83(117)73(38-107)135-92)136-75-37-95(4,87(119)42(3)132-75)103-93(124)130-39-43-6-13-54(14-7-43)105(126)127)72(31-52)134-70-19-12-49(28-62(70)97)82(116)80-91(123)100-78(68(113)35-57-50-22-45-21-46(24-50)25-51(57)23-45)60-33-56(108)34-65(110)76(60)59-26-47(10-17-64(59)109)58(36-67(77)112)89(121)102-80/h6-19,26-28,30-31,33-34,41-42,45-46,50-51,53,57-58,63,73,75,77-84,86-87,92,107-110,115-119H,20-25,29,32,35-40H2,1-5H3,(H2,98,114)(H,99,120)(H,100,123)(H,101,122)(H,102,121)(H,103,124)/t42-,45?,46?,50?,51?,53-,57?,58+,63+,73+,75-,77+,78-,79-,80-,81+,82+,83+,84-,86+,87+,92-,95-/m0/s1. The summed E-state index contributed by atoms with van der Waals surface area (Å²) in [6.45, 7) is 4.27. The van der Waals surface area contributed by atoms with Crippen molar-refractivity contribution in [2.75, 3.05) is 13.7 Å². The number of fused-ring (bicyclic) bond motifs is 15. The van der Waals surface area contributed by atoms with Gasteiger partial charge in [0.25, 0.3) is 11.4 Å². The van der Waals surface area contributed by atoms with E-state index in [9.17, 15) is 80.6 Å². The number of nitro benzene ring substituents is 2. The second-order valence-corrected chi connectivity index (χ2v) is 37.8. The molecule has 40 nitrogen and oxygen atoms in total. The van der Waals surface area contributed by atoms with Gasteiger partial charge in [-0.15, -0.1) is 0 Å². The van der Waals surface area contributed by atoms with Crippen molar-refractivity contribution < 1.29 is 142 Å². The molecular weight excluding hydrogens is 1830 g/mol. The number of amides is 7. The molecule has 18 atom stereocenters. The fraction of sp³-hybridized carbons (Fsp3) is 0.453. The molecule has 0 radical (unpaired) electrons. The van der Waals surface area contributed by atoms with Crippen molar-refractivity contribution in [3.8, 4) is 57.1 Å². The van der Waals surface area contributed by atoms with Gasteiger partial charge >= 0.3 is 12.2 Å². The number of hydrogen-bond donors (Lipinski definition) is 15. The minimum Gasteiger partial charge on any atom is -0.508 e. The predicted octanol–water partition coefficient (Wildman–Crippen LogP) is 8.86. The second-order valence-electron chi connectivity index (χ2n) is 37.0. The molecule has 7 aromatic rings. The first kappa shape index (κ1) is 98.8. The lowest BCUT2D eigenvalue weighted by molar-refractivity contribution is -0.385. The Labute approximate surface area is 792 Å². The minimum atomic E-state index is -2.32. The van der Waals surface area contributed by atoms with Crippen molar-refractivity contribution in [1.29, 1.82) is 0 Å². The number of non-ortho nitro benzene ring substituents is 2. The Kier molecular flexibility index (Phi) is 29.5. The highest BCUT2D eigenvalue weighted by molar-refractivity contribution is 6.32. The Balaban J connectivity index is 0.871. The summed E-state index contributed by atoms with van der Waals surface area (Å²) in [7, 11) is 1.20. The normalized spacial score (nSPS) is 28.7. The molecule has 6 fully saturated rings. The molecule has 42 heteroatoms. The Hall–Kier alpha value is -12.7. The number of phenols is 3. The molecule has 0 aromatic heterocycles. The summed E-state index contributed by atoms with van der Waals surface area (Å²) in [6.07, 6.45) is -21.0. The number of alkyl carbamates (subject to hydrolysis) is 1. The number of aliphatic hydroxyl groups excluding tert-OH is 6. The van der Waals surface area contributed by atoms with Crippen LogP contribution >= 0.6 is 23.2 Å². The van der Waals surface area contributed by atoms with Crippen molar-refractivity contribution >= 4 is 93.6 Å². The van der Waals surface area contributed by atoms with E-state index in [0.29, 0.717) is 23.0 Å². The van der Waals surface area contributed by atoms with E-state index in [4.69, 9.17) is 66.8 Å². The molecule has 4 aliphatic carbocycles. The third-order valence-corrected chi connectivity index (χ3v) is 27.6. The number of aromatic hydroxyl groups is 3. The van der Waals surface area contributed by atoms with Crippen molar-refractivity contribution in [2.24, 2.45) is 47.2 Å². The van der Waals surface area contributed by atoms with Crippen LogP contribution in [0.25, 0.3) is 11.1 Å². The maximum atomic E-state index is 16.7. The molecule has 15 bridgehead atoms. The average Bonchev–Trinajstić information content (AvgIpc) is 0.755. The van der Waals surface area contributed by atoms with Crippen LogP contribution in [0.2, 0.25) is 10.0 Å². The first-order chi connectivity index (χ1) is 65.1. The van der Waals surface area contributed by atoms with Crippen LogP contribution in [0.4, 0.5) is 21.0 Å². The van der Waals surface area contributed by atoms with E-state index in [1.165, 1.54) is 93.7 Å². The number of nitrogens with one attached hydrogen (secondary N) is 5. The van der Waals surface area contributed by atoms with Gasteiger partial charge in [0.05, 0.1) is 50.0 Å². The second kappa shape index (κ2) is 40.9. The van der Waals surface area contributed by atoms with Gasteiger partial charge in [-0.25, -0.2) is 9.59 Å². The molecule has 11 aliphatic rings. The first-order valence-corrected chi connectivity index (χ1v) is 45.4. The quantitative estimate of drug-likeness (QED) is 0.0222. The third-order valence-electron chi connectivity index (χ3n) is 27.1. The van der Waals surface area contributed by atoms with Gasteiger partial charge in [-0.1, -0.05) is 55.2 Å². The third kappa shape index (κ3) is 21.5. The van der Waals surface area contributed by atoms with E-state index in [1.54, 1.807) is 13.8 Å². The van der Waals surface area contributed by atoms with E-state index in [2.05, 4.69) is 26.6 Å². The van der Waals surface area contributed by atoms with Crippen LogP contribution in [-0.4, -0.2) is 206 Å². The number of Topliss-reactive ketones (excluding diaryl/α,β-unsaturated/α-hetero) is 3. The number of benzene rings is 7. The Morgan fingerprint density at radius 2 is 1.25 bits per heavy atom. The summed E-state index contributed by atoms with van der Waals surface area (Å²) in [5.74, 6) is -17.5. The predicted molar refractivity (Wildman–Crippen MR) is 479 cm³/mol. The van der Waals surface area contributed by atoms with Crippen LogP contribution in [0.5, 0.6) is 46.0 Å². The number of nitrogens with two attached hydrogens (primary N) is 1. The van der Waals surface area contributed by atoms with Crippen molar-refractivity contribution in [3.63, 3.8) is 0 Å². The molecular formula is C95H103Cl2N9O31. The average molecular weight is 1940 g/mol. The van der Waals surface area contributed by atoms with Crippen LogP contribution < -0.4 is 46.5 Å². The van der Waals surface area contributed by atoms with Crippen LogP contribution in [0.15, 0.2) is 127 Å². The number of nitrogens with zero attached hydrogens (tertiary/aromatic N) is 3. The molecule has 0 unspecified atom stereocenters. The van der Waals surface area contributed by atoms with Gasteiger partial charge in [0, 0.05) is 80.6 Å². The minimum absolute atomic E-state index is 0.116. The van der Waals surface area contributed by atoms with Crippen LogP contribution in [0, 0.1) is 61.7 Å². The summed E-state index contributed by atoms with van der Waals surface area (Å²) in [4.78, 5) is 175. The van der Waals surface area contributed by atoms with Crippen LogP contribution in [0.1, 0.15) is 167 Å². The maximum absolute atomic E-state index is 16.7. The zero-order valence-corrected chi connectivity index (χ0v) is 76.0. The smallest absolute Gasteiger partial charge is 0.410 e. The van der Waals surface area contributed by atoms with Gasteiger partial charge in [-0.3, -0.25) is 63.5 Å². The number of likely N-dealkylation sites (N-methyl/N-ethyl adjacent to an activating group) is 1. The number of phenolic OH excluding ortho intramolecular Hbond substituents is 3. The fourth-order valence-electron chi connectivity index (χ4n) is 20.2. The van der Waals surface area contributed by atoms with Crippen LogP contribution in [-0.2, 0) is 75.3 Å². The lowest BCUT2D eigenvalue weighted by Crippen LogP contribution is -2.66. The summed E-state index contributed by atoms with van der Waals surface area (Å²) in [5, 5.41) is 144. The van der Waals surface area contributed by atoms with Crippen LogP contribution in [0.3, 0.4) is 0 Å². The highest BCUT2D eigenvalue weighted by Crippen LogP contribution is 2.59. The highest BCUT2D eigenvalue weighted by Gasteiger charge is 2.55. The van der Waals surface area contributed by atoms with Gasteiger partial charge in [0.15, 0.2) is 41.2 Å².